The van der Waals surface area contributed by atoms with Crippen LogP contribution in [0.4, 0.5) is 5.95 Å². The van der Waals surface area contributed by atoms with Crippen molar-refractivity contribution >= 4 is 5.95 Å². The predicted molar refractivity (Wildman–Crippen MR) is 92.3 cm³/mol. The van der Waals surface area contributed by atoms with Gasteiger partial charge in [0.2, 0.25) is 11.8 Å². The van der Waals surface area contributed by atoms with Crippen LogP contribution >= 0.6 is 0 Å². The summed E-state index contributed by atoms with van der Waals surface area (Å²) < 4.78 is 16.1. The molecule has 8 heteroatoms. The molecule has 0 bridgehead atoms. The molecule has 0 aliphatic carbocycles. The lowest BCUT2D eigenvalue weighted by molar-refractivity contribution is 0.215. The van der Waals surface area contributed by atoms with Crippen molar-refractivity contribution < 1.29 is 14.2 Å². The molecule has 0 radical (unpaired) electrons. The summed E-state index contributed by atoms with van der Waals surface area (Å²) in [4.78, 5) is 19.1. The molecule has 3 rings (SSSR count). The Labute approximate surface area is 147 Å². The molecule has 25 heavy (non-hydrogen) atoms. The minimum atomic E-state index is 0.262. The zero-order valence-electron chi connectivity index (χ0n) is 14.8. The molecule has 1 fully saturated rings. The number of rotatable bonds is 6. The van der Waals surface area contributed by atoms with Crippen LogP contribution in [0.15, 0.2) is 18.2 Å². The van der Waals surface area contributed by atoms with Crippen molar-refractivity contribution in [2.45, 2.75) is 19.8 Å². The normalized spacial score (nSPS) is 15.1. The van der Waals surface area contributed by atoms with Crippen molar-refractivity contribution in [2.24, 2.45) is 5.92 Å². The first kappa shape index (κ1) is 17.2. The Morgan fingerprint density at radius 3 is 2.28 bits per heavy atom. The van der Waals surface area contributed by atoms with Crippen LogP contribution in [-0.4, -0.2) is 53.9 Å². The number of aromatic nitrogens is 4. The van der Waals surface area contributed by atoms with Gasteiger partial charge in [-0.25, -0.2) is 4.98 Å². The van der Waals surface area contributed by atoms with Crippen LogP contribution in [0, 0.1) is 12.8 Å². The zero-order valence-corrected chi connectivity index (χ0v) is 14.8. The third-order valence-electron chi connectivity index (χ3n) is 4.17. The lowest BCUT2D eigenvalue weighted by Crippen LogP contribution is -2.36. The van der Waals surface area contributed by atoms with Gasteiger partial charge < -0.3 is 19.1 Å². The summed E-state index contributed by atoms with van der Waals surface area (Å²) in [6.07, 6.45) is 2.00. The average Bonchev–Trinajstić information content (AvgIpc) is 2.66. The lowest BCUT2D eigenvalue weighted by Gasteiger charge is -2.31. The maximum absolute atomic E-state index is 5.83. The highest BCUT2D eigenvalue weighted by atomic mass is 16.5. The van der Waals surface area contributed by atoms with Gasteiger partial charge in [0.25, 0.3) is 0 Å². The molecule has 1 aliphatic rings. The molecule has 2 aromatic rings. The quantitative estimate of drug-likeness (QED) is 0.785. The topological polar surface area (TPSA) is 82.5 Å². The number of ether oxygens (including phenoxy) is 3. The number of pyridine rings is 1. The number of nitrogens with zero attached hydrogens (tertiary/aromatic N) is 5. The highest BCUT2D eigenvalue weighted by Crippen LogP contribution is 2.23. The highest BCUT2D eigenvalue weighted by molar-refractivity contribution is 5.32. The summed E-state index contributed by atoms with van der Waals surface area (Å²) in [6.45, 7) is 4.34. The molecule has 0 spiro atoms. The third-order valence-corrected chi connectivity index (χ3v) is 4.17. The van der Waals surface area contributed by atoms with E-state index in [2.05, 4.69) is 24.8 Å². The number of methoxy groups -OCH3 is 2. The van der Waals surface area contributed by atoms with Crippen molar-refractivity contribution in [2.75, 3.05) is 38.8 Å². The van der Waals surface area contributed by atoms with Gasteiger partial charge in [0.05, 0.1) is 20.8 Å². The van der Waals surface area contributed by atoms with E-state index >= 15 is 0 Å². The van der Waals surface area contributed by atoms with E-state index in [0.29, 0.717) is 24.4 Å². The van der Waals surface area contributed by atoms with Crippen LogP contribution in [0.3, 0.4) is 0 Å². The van der Waals surface area contributed by atoms with E-state index < -0.39 is 0 Å². The second-order valence-corrected chi connectivity index (χ2v) is 5.97. The van der Waals surface area contributed by atoms with E-state index in [0.717, 1.165) is 31.6 Å². The Hall–Kier alpha value is -2.64. The molecule has 0 N–H and O–H groups in total. The standard InChI is InChI=1S/C17H23N5O3/c1-12-5-4-6-14(18-12)25-11-13-7-9-22(10-8-13)15-19-16(23-2)21-17(20-15)24-3/h4-6,13H,7-11H2,1-3H3. The Morgan fingerprint density at radius 2 is 1.68 bits per heavy atom. The van der Waals surface area contributed by atoms with Gasteiger partial charge in [-0.2, -0.15) is 9.97 Å². The van der Waals surface area contributed by atoms with E-state index in [1.54, 1.807) is 0 Å². The van der Waals surface area contributed by atoms with Gasteiger partial charge in [-0.05, 0) is 31.7 Å². The lowest BCUT2D eigenvalue weighted by atomic mass is 9.98. The maximum atomic E-state index is 5.83. The first-order valence-corrected chi connectivity index (χ1v) is 8.33. The first-order valence-electron chi connectivity index (χ1n) is 8.33. The summed E-state index contributed by atoms with van der Waals surface area (Å²) in [5.74, 6) is 1.77. The summed E-state index contributed by atoms with van der Waals surface area (Å²) in [6, 6.07) is 6.34. The second kappa shape index (κ2) is 7.96. The van der Waals surface area contributed by atoms with E-state index in [1.165, 1.54) is 14.2 Å². The molecule has 134 valence electrons. The average molecular weight is 345 g/mol. The van der Waals surface area contributed by atoms with Gasteiger partial charge in [-0.3, -0.25) is 0 Å². The molecule has 0 aromatic carbocycles. The molecule has 0 unspecified atom stereocenters. The van der Waals surface area contributed by atoms with E-state index in [1.807, 2.05) is 25.1 Å². The zero-order chi connectivity index (χ0) is 17.6. The fraction of sp³-hybridized carbons (Fsp3) is 0.529. The minimum Gasteiger partial charge on any atom is -0.477 e. The second-order valence-electron chi connectivity index (χ2n) is 5.97. The van der Waals surface area contributed by atoms with Crippen molar-refractivity contribution in [3.8, 4) is 17.9 Å². The van der Waals surface area contributed by atoms with Gasteiger partial charge >= 0.3 is 12.0 Å². The van der Waals surface area contributed by atoms with Gasteiger partial charge in [0, 0.05) is 24.8 Å². The Balaban J connectivity index is 1.55. The molecule has 2 aromatic heterocycles. The number of hydrogen-bond acceptors (Lipinski definition) is 8. The summed E-state index contributed by atoms with van der Waals surface area (Å²) >= 11 is 0. The maximum Gasteiger partial charge on any atom is 0.324 e. The largest absolute Gasteiger partial charge is 0.477 e. The smallest absolute Gasteiger partial charge is 0.324 e. The Morgan fingerprint density at radius 1 is 1.00 bits per heavy atom. The first-order chi connectivity index (χ1) is 12.2. The van der Waals surface area contributed by atoms with Crippen LogP contribution in [0.2, 0.25) is 0 Å². The Bertz CT molecular complexity index is 682. The minimum absolute atomic E-state index is 0.262. The third kappa shape index (κ3) is 4.46. The number of anilines is 1. The van der Waals surface area contributed by atoms with Gasteiger partial charge in [0.15, 0.2) is 0 Å². The number of piperidine rings is 1. The SMILES string of the molecule is COc1nc(OC)nc(N2CCC(COc3cccc(C)n3)CC2)n1. The summed E-state index contributed by atoms with van der Waals surface area (Å²) in [7, 11) is 3.06. The Kier molecular flexibility index (Phi) is 5.47. The summed E-state index contributed by atoms with van der Waals surface area (Å²) in [5, 5.41) is 0. The van der Waals surface area contributed by atoms with E-state index in [-0.39, 0.29) is 12.0 Å². The van der Waals surface area contributed by atoms with Crippen molar-refractivity contribution in [3.05, 3.63) is 23.9 Å². The number of aryl methyl sites for hydroxylation is 1. The molecular formula is C17H23N5O3. The van der Waals surface area contributed by atoms with Crippen LogP contribution < -0.4 is 19.1 Å². The highest BCUT2D eigenvalue weighted by Gasteiger charge is 2.23. The molecule has 0 saturated carbocycles. The molecular weight excluding hydrogens is 322 g/mol. The molecule has 3 heterocycles. The number of hydrogen-bond donors (Lipinski definition) is 0. The van der Waals surface area contributed by atoms with E-state index in [4.69, 9.17) is 14.2 Å². The fourth-order valence-electron chi connectivity index (χ4n) is 2.75. The van der Waals surface area contributed by atoms with Crippen molar-refractivity contribution in [1.82, 2.24) is 19.9 Å². The van der Waals surface area contributed by atoms with Crippen LogP contribution in [0.5, 0.6) is 17.9 Å². The van der Waals surface area contributed by atoms with Crippen molar-refractivity contribution in [1.29, 1.82) is 0 Å². The van der Waals surface area contributed by atoms with Gasteiger partial charge in [-0.15, -0.1) is 4.98 Å². The molecule has 1 saturated heterocycles. The molecule has 0 atom stereocenters. The molecule has 0 amide bonds. The van der Waals surface area contributed by atoms with Crippen LogP contribution in [0.25, 0.3) is 0 Å². The van der Waals surface area contributed by atoms with Crippen LogP contribution in [-0.2, 0) is 0 Å². The summed E-state index contributed by atoms with van der Waals surface area (Å²) in [5.41, 5.74) is 0.963. The fourth-order valence-corrected chi connectivity index (χ4v) is 2.75. The molecule has 1 aliphatic heterocycles. The van der Waals surface area contributed by atoms with Crippen LogP contribution in [0.1, 0.15) is 18.5 Å². The molecule has 8 nitrogen and oxygen atoms in total. The predicted octanol–water partition coefficient (Wildman–Crippen LogP) is 1.89. The van der Waals surface area contributed by atoms with Gasteiger partial charge in [-0.1, -0.05) is 6.07 Å². The van der Waals surface area contributed by atoms with E-state index in [9.17, 15) is 0 Å². The van der Waals surface area contributed by atoms with Gasteiger partial charge in [0.1, 0.15) is 0 Å². The monoisotopic (exact) mass is 345 g/mol. The van der Waals surface area contributed by atoms with Crippen molar-refractivity contribution in [3.63, 3.8) is 0 Å².